The van der Waals surface area contributed by atoms with Gasteiger partial charge in [-0.1, -0.05) is 4.79 Å². The van der Waals surface area contributed by atoms with E-state index in [-0.39, 0.29) is 4.90 Å². The van der Waals surface area contributed by atoms with E-state index in [9.17, 15) is 19.5 Å². The van der Waals surface area contributed by atoms with Crippen molar-refractivity contribution >= 4 is 18.7 Å². The summed E-state index contributed by atoms with van der Waals surface area (Å²) < 4.78 is 55.0. The van der Waals surface area contributed by atoms with E-state index in [1.807, 2.05) is 0 Å². The molecule has 112 valence electrons. The fraction of sp³-hybridized carbons (Fsp3) is 0.250. The van der Waals surface area contributed by atoms with Crippen LogP contribution >= 0.6 is 0 Å². The van der Waals surface area contributed by atoms with Crippen LogP contribution in [0, 0.1) is 0 Å². The SMILES string of the molecule is [2H]c1c([2H])c(C([2H])(O)C([2H])([2H])N(C)C(=O)O)c([2H])c(OC(=O)O)c1O[C+]=O. The molecule has 0 spiro atoms. The van der Waals surface area contributed by atoms with Crippen molar-refractivity contribution in [3.63, 3.8) is 0 Å². The Kier molecular flexibility index (Phi) is 3.05. The van der Waals surface area contributed by atoms with Crippen molar-refractivity contribution in [1.82, 2.24) is 4.90 Å². The summed E-state index contributed by atoms with van der Waals surface area (Å²) in [7, 11) is 0.657. The molecule has 1 rings (SSSR count). The minimum absolute atomic E-state index is 0.121. The van der Waals surface area contributed by atoms with Gasteiger partial charge < -0.3 is 25.0 Å². The molecule has 0 saturated heterocycles. The van der Waals surface area contributed by atoms with Crippen LogP contribution < -0.4 is 9.47 Å². The standard InChI is InChI=1S/C12H11NO8/c1-13(11(16)17)5-8(15)7-2-3-9(20-6-14)10(4-7)21-12(18)19/h2-4,8,15H,5H2,1H3,(H-,16,17,18,19)/p+1/i2D,3D,4D,5D2,8D. The van der Waals surface area contributed by atoms with E-state index in [2.05, 4.69) is 9.47 Å². The second kappa shape index (κ2) is 7.04. The van der Waals surface area contributed by atoms with Crippen molar-refractivity contribution in [3.05, 3.63) is 23.7 Å². The Bertz CT molecular complexity index is 799. The van der Waals surface area contributed by atoms with Crippen LogP contribution in [0.2, 0.25) is 0 Å². The van der Waals surface area contributed by atoms with Crippen LogP contribution in [-0.2, 0) is 4.79 Å². The van der Waals surface area contributed by atoms with Crippen LogP contribution in [0.1, 0.15) is 19.9 Å². The molecular weight excluding hydrogens is 286 g/mol. The number of carbonyl (C=O) groups is 2. The molecule has 1 aromatic rings. The number of hydrogen-bond donors (Lipinski definition) is 3. The van der Waals surface area contributed by atoms with Gasteiger partial charge in [0, 0.05) is 13.1 Å². The number of carbonyl (C=O) groups excluding carboxylic acids is 1. The van der Waals surface area contributed by atoms with E-state index in [0.29, 0.717) is 7.05 Å². The van der Waals surface area contributed by atoms with E-state index in [0.717, 1.165) is 6.47 Å². The topological polar surface area (TPSA) is 134 Å². The van der Waals surface area contributed by atoms with Gasteiger partial charge >= 0.3 is 24.5 Å². The van der Waals surface area contributed by atoms with Crippen LogP contribution in [0.4, 0.5) is 9.59 Å². The van der Waals surface area contributed by atoms with Gasteiger partial charge in [0.25, 0.3) is 5.75 Å². The van der Waals surface area contributed by atoms with Crippen molar-refractivity contribution in [2.24, 2.45) is 0 Å². The van der Waals surface area contributed by atoms with Crippen LogP contribution in [0.15, 0.2) is 18.1 Å². The van der Waals surface area contributed by atoms with E-state index in [1.54, 1.807) is 0 Å². The predicted molar refractivity (Wildman–Crippen MR) is 67.0 cm³/mol. The van der Waals surface area contributed by atoms with Gasteiger partial charge in [0.05, 0.1) is 26.8 Å². The fourth-order valence-corrected chi connectivity index (χ4v) is 1.03. The van der Waals surface area contributed by atoms with Crippen molar-refractivity contribution in [2.75, 3.05) is 13.5 Å². The molecule has 0 heterocycles. The van der Waals surface area contributed by atoms with Crippen molar-refractivity contribution in [3.8, 4) is 11.5 Å². The number of rotatable bonds is 6. The number of carboxylic acid groups (broad SMARTS) is 2. The summed E-state index contributed by atoms with van der Waals surface area (Å²) in [5, 5.41) is 28.0. The summed E-state index contributed by atoms with van der Waals surface area (Å²) in [5.74, 6) is -2.24. The molecule has 0 radical (unpaired) electrons. The molecule has 0 aromatic heterocycles. The van der Waals surface area contributed by atoms with Crippen LogP contribution in [0.5, 0.6) is 11.5 Å². The minimum Gasteiger partial charge on any atom is -0.465 e. The number of hydrogen-bond acceptors (Lipinski definition) is 6. The number of ether oxygens (including phenoxy) is 2. The molecule has 21 heavy (non-hydrogen) atoms. The maximum atomic E-state index is 11.0. The molecule has 0 aliphatic carbocycles. The Hall–Kier alpha value is -2.90. The maximum Gasteiger partial charge on any atom is 0.576 e. The Morgan fingerprint density at radius 2 is 2.19 bits per heavy atom. The highest BCUT2D eigenvalue weighted by Gasteiger charge is 2.22. The summed E-state index contributed by atoms with van der Waals surface area (Å²) in [6.07, 6.45) is -7.63. The molecule has 0 aliphatic rings. The normalized spacial score (nSPS) is 17.4. The number of nitrogens with zero attached hydrogens (tertiary/aromatic N) is 1. The van der Waals surface area contributed by atoms with Crippen molar-refractivity contribution in [1.29, 1.82) is 0 Å². The molecule has 0 fully saturated rings. The smallest absolute Gasteiger partial charge is 0.465 e. The van der Waals surface area contributed by atoms with Crippen LogP contribution in [0.25, 0.3) is 0 Å². The van der Waals surface area contributed by atoms with Crippen molar-refractivity contribution < 1.29 is 47.4 Å². The fourth-order valence-electron chi connectivity index (χ4n) is 1.03. The zero-order chi connectivity index (χ0) is 21.3. The molecule has 1 unspecified atom stereocenters. The Labute approximate surface area is 127 Å². The zero-order valence-corrected chi connectivity index (χ0v) is 10.3. The van der Waals surface area contributed by atoms with Gasteiger partial charge in [-0.15, -0.1) is 0 Å². The predicted octanol–water partition coefficient (Wildman–Crippen LogP) is 0.833. The van der Waals surface area contributed by atoms with Gasteiger partial charge in [-0.05, 0) is 11.6 Å². The largest absolute Gasteiger partial charge is 0.576 e. The quantitative estimate of drug-likeness (QED) is 0.400. The number of likely N-dealkylation sites (N-methyl/N-ethyl adjacent to an activating group) is 1. The lowest BCUT2D eigenvalue weighted by atomic mass is 10.1. The van der Waals surface area contributed by atoms with Crippen LogP contribution in [-0.4, -0.2) is 52.5 Å². The third-order valence-corrected chi connectivity index (χ3v) is 1.88. The molecule has 3 N–H and O–H groups in total. The number of amides is 1. The van der Waals surface area contributed by atoms with Crippen LogP contribution in [0.3, 0.4) is 0 Å². The monoisotopic (exact) mass is 304 g/mol. The van der Waals surface area contributed by atoms with E-state index in [4.69, 9.17) is 18.4 Å². The summed E-state index contributed by atoms with van der Waals surface area (Å²) >= 11 is 0. The van der Waals surface area contributed by atoms with Gasteiger partial charge in [-0.2, -0.15) is 4.74 Å². The number of benzene rings is 1. The molecule has 0 bridgehead atoms. The Balaban J connectivity index is 3.88. The highest BCUT2D eigenvalue weighted by molar-refractivity contribution is 5.65. The highest BCUT2D eigenvalue weighted by Crippen LogP contribution is 2.30. The van der Waals surface area contributed by atoms with Gasteiger partial charge in [0.15, 0.2) is 0 Å². The molecule has 0 saturated carbocycles. The van der Waals surface area contributed by atoms with Gasteiger partial charge in [-0.25, -0.2) is 9.59 Å². The first-order valence-electron chi connectivity index (χ1n) is 7.99. The first kappa shape index (κ1) is 9.11. The highest BCUT2D eigenvalue weighted by atomic mass is 16.7. The molecule has 1 aromatic carbocycles. The lowest BCUT2D eigenvalue weighted by molar-refractivity contribution is 0.108. The Morgan fingerprint density at radius 1 is 1.52 bits per heavy atom. The molecule has 9 heteroatoms. The second-order valence-corrected chi connectivity index (χ2v) is 3.26. The third kappa shape index (κ3) is 4.60. The second-order valence-electron chi connectivity index (χ2n) is 3.26. The zero-order valence-electron chi connectivity index (χ0n) is 16.3. The Morgan fingerprint density at radius 3 is 2.71 bits per heavy atom. The molecule has 1 amide bonds. The number of aliphatic hydroxyl groups is 1. The lowest BCUT2D eigenvalue weighted by Crippen LogP contribution is -2.29. The first-order chi connectivity index (χ1) is 12.2. The molecule has 0 aliphatic heterocycles. The van der Waals surface area contributed by atoms with E-state index in [1.165, 1.54) is 0 Å². The average molecular weight is 304 g/mol. The summed E-state index contributed by atoms with van der Waals surface area (Å²) in [4.78, 5) is 32.1. The van der Waals surface area contributed by atoms with E-state index >= 15 is 0 Å². The molecule has 9 nitrogen and oxygen atoms in total. The molecular formula is C12H12NO8+. The van der Waals surface area contributed by atoms with Gasteiger partial charge in [-0.3, -0.25) is 0 Å². The lowest BCUT2D eigenvalue weighted by Gasteiger charge is -2.18. The van der Waals surface area contributed by atoms with Crippen molar-refractivity contribution in [2.45, 2.75) is 6.08 Å². The summed E-state index contributed by atoms with van der Waals surface area (Å²) in [5.41, 5.74) is -1.29. The van der Waals surface area contributed by atoms with Gasteiger partial charge in [0.2, 0.25) is 0 Å². The first-order valence-corrected chi connectivity index (χ1v) is 4.99. The molecule has 1 atom stereocenters. The minimum atomic E-state index is -3.66. The van der Waals surface area contributed by atoms with Gasteiger partial charge in [0.1, 0.15) is 0 Å². The third-order valence-electron chi connectivity index (χ3n) is 1.88. The van der Waals surface area contributed by atoms with E-state index < -0.39 is 60.0 Å². The maximum absolute atomic E-state index is 11.0. The average Bonchev–Trinajstić information content (AvgIpc) is 2.54. The summed E-state index contributed by atoms with van der Waals surface area (Å²) in [6, 6.07) is -3.63. The summed E-state index contributed by atoms with van der Waals surface area (Å²) in [6.45, 7) is -2.63.